The minimum Gasteiger partial charge on any atom is -0.376 e. The molecule has 0 bridgehead atoms. The van der Waals surface area contributed by atoms with Crippen LogP contribution in [0.1, 0.15) is 44.2 Å². The standard InChI is InChI=1S/C17H27N3O3/c1-13-9-18-20(10-13)15-5-3-7-19(11-15)17(21)14(2)23-12-16-6-4-8-22-16/h9-10,14-16H,3-8,11-12H2,1-2H3/t14-,15+,16-/m0/s1. The third-order valence-corrected chi connectivity index (χ3v) is 4.72. The van der Waals surface area contributed by atoms with Gasteiger partial charge in [-0.25, -0.2) is 0 Å². The van der Waals surface area contributed by atoms with E-state index in [4.69, 9.17) is 9.47 Å². The van der Waals surface area contributed by atoms with Crippen molar-refractivity contribution in [3.05, 3.63) is 18.0 Å². The van der Waals surface area contributed by atoms with Crippen LogP contribution < -0.4 is 0 Å². The highest BCUT2D eigenvalue weighted by Crippen LogP contribution is 2.22. The van der Waals surface area contributed by atoms with Crippen LogP contribution in [0.2, 0.25) is 0 Å². The van der Waals surface area contributed by atoms with Crippen LogP contribution in [0.3, 0.4) is 0 Å². The normalized spacial score (nSPS) is 26.4. The van der Waals surface area contributed by atoms with Crippen LogP contribution in [0.4, 0.5) is 0 Å². The van der Waals surface area contributed by atoms with Gasteiger partial charge in [0.1, 0.15) is 6.10 Å². The van der Waals surface area contributed by atoms with Gasteiger partial charge in [-0.1, -0.05) is 0 Å². The number of carbonyl (C=O) groups is 1. The molecule has 1 aromatic rings. The molecule has 3 rings (SSSR count). The van der Waals surface area contributed by atoms with Crippen molar-refractivity contribution in [1.82, 2.24) is 14.7 Å². The molecular weight excluding hydrogens is 294 g/mol. The Morgan fingerprint density at radius 3 is 3.04 bits per heavy atom. The lowest BCUT2D eigenvalue weighted by Crippen LogP contribution is -2.45. The molecular formula is C17H27N3O3. The largest absolute Gasteiger partial charge is 0.376 e. The van der Waals surface area contributed by atoms with E-state index in [9.17, 15) is 4.79 Å². The third-order valence-electron chi connectivity index (χ3n) is 4.72. The maximum absolute atomic E-state index is 12.6. The quantitative estimate of drug-likeness (QED) is 0.831. The number of rotatable bonds is 5. The Kier molecular flexibility index (Phi) is 5.33. The molecule has 0 radical (unpaired) electrons. The van der Waals surface area contributed by atoms with E-state index in [-0.39, 0.29) is 18.1 Å². The summed E-state index contributed by atoms with van der Waals surface area (Å²) in [5.74, 6) is 0.0802. The Morgan fingerprint density at radius 2 is 2.35 bits per heavy atom. The summed E-state index contributed by atoms with van der Waals surface area (Å²) >= 11 is 0. The van der Waals surface area contributed by atoms with Crippen molar-refractivity contribution >= 4 is 5.91 Å². The molecule has 3 heterocycles. The van der Waals surface area contributed by atoms with E-state index in [2.05, 4.69) is 11.3 Å². The molecule has 23 heavy (non-hydrogen) atoms. The number of aryl methyl sites for hydroxylation is 1. The Morgan fingerprint density at radius 1 is 1.48 bits per heavy atom. The molecule has 2 aliphatic rings. The fourth-order valence-electron chi connectivity index (χ4n) is 3.36. The zero-order valence-corrected chi connectivity index (χ0v) is 14.1. The summed E-state index contributed by atoms with van der Waals surface area (Å²) in [5.41, 5.74) is 1.15. The van der Waals surface area contributed by atoms with Gasteiger partial charge in [-0.05, 0) is 45.1 Å². The topological polar surface area (TPSA) is 56.6 Å². The lowest BCUT2D eigenvalue weighted by Gasteiger charge is -2.34. The van der Waals surface area contributed by atoms with E-state index in [1.807, 2.05) is 29.6 Å². The van der Waals surface area contributed by atoms with Crippen LogP contribution in [-0.2, 0) is 14.3 Å². The van der Waals surface area contributed by atoms with Gasteiger partial charge in [-0.3, -0.25) is 9.48 Å². The number of piperidine rings is 1. The zero-order chi connectivity index (χ0) is 16.2. The summed E-state index contributed by atoms with van der Waals surface area (Å²) in [7, 11) is 0. The number of carbonyl (C=O) groups excluding carboxylic acids is 1. The minimum atomic E-state index is -0.405. The van der Waals surface area contributed by atoms with E-state index < -0.39 is 6.10 Å². The summed E-state index contributed by atoms with van der Waals surface area (Å²) in [4.78, 5) is 14.5. The van der Waals surface area contributed by atoms with Gasteiger partial charge in [-0.15, -0.1) is 0 Å². The maximum atomic E-state index is 12.6. The number of ether oxygens (including phenoxy) is 2. The number of aromatic nitrogens is 2. The van der Waals surface area contributed by atoms with Gasteiger partial charge >= 0.3 is 0 Å². The van der Waals surface area contributed by atoms with Gasteiger partial charge in [0.25, 0.3) is 5.91 Å². The first-order chi connectivity index (χ1) is 11.1. The molecule has 2 fully saturated rings. The number of amides is 1. The minimum absolute atomic E-state index is 0.0802. The molecule has 0 spiro atoms. The van der Waals surface area contributed by atoms with E-state index in [0.29, 0.717) is 13.2 Å². The first kappa shape index (κ1) is 16.5. The fourth-order valence-corrected chi connectivity index (χ4v) is 3.36. The molecule has 6 heteroatoms. The van der Waals surface area contributed by atoms with Crippen molar-refractivity contribution in [3.8, 4) is 0 Å². The SMILES string of the molecule is Cc1cnn([C@@H]2CCCN(C(=O)[C@H](C)OC[C@@H]3CCCO3)C2)c1. The average molecular weight is 321 g/mol. The highest BCUT2D eigenvalue weighted by atomic mass is 16.5. The van der Waals surface area contributed by atoms with Crippen molar-refractivity contribution in [2.24, 2.45) is 0 Å². The smallest absolute Gasteiger partial charge is 0.251 e. The van der Waals surface area contributed by atoms with Crippen LogP contribution in [0.25, 0.3) is 0 Å². The second-order valence-corrected chi connectivity index (χ2v) is 6.69. The molecule has 2 saturated heterocycles. The average Bonchev–Trinajstić information content (AvgIpc) is 3.23. The van der Waals surface area contributed by atoms with Crippen LogP contribution in [0.15, 0.2) is 12.4 Å². The van der Waals surface area contributed by atoms with Crippen LogP contribution in [0, 0.1) is 6.92 Å². The Hall–Kier alpha value is -1.40. The van der Waals surface area contributed by atoms with Gasteiger partial charge in [0.15, 0.2) is 0 Å². The maximum Gasteiger partial charge on any atom is 0.251 e. The van der Waals surface area contributed by atoms with Crippen molar-refractivity contribution < 1.29 is 14.3 Å². The molecule has 2 aliphatic heterocycles. The Labute approximate surface area is 137 Å². The van der Waals surface area contributed by atoms with Crippen molar-refractivity contribution in [2.45, 2.75) is 57.8 Å². The van der Waals surface area contributed by atoms with Crippen molar-refractivity contribution in [1.29, 1.82) is 0 Å². The molecule has 1 amide bonds. The lowest BCUT2D eigenvalue weighted by atomic mass is 10.1. The molecule has 3 atom stereocenters. The van der Waals surface area contributed by atoms with Crippen molar-refractivity contribution in [3.63, 3.8) is 0 Å². The molecule has 0 N–H and O–H groups in total. The van der Waals surface area contributed by atoms with E-state index in [0.717, 1.165) is 44.4 Å². The van der Waals surface area contributed by atoms with E-state index in [1.54, 1.807) is 0 Å². The number of hydrogen-bond acceptors (Lipinski definition) is 4. The summed E-state index contributed by atoms with van der Waals surface area (Å²) in [6, 6.07) is 0.270. The van der Waals surface area contributed by atoms with Gasteiger partial charge in [-0.2, -0.15) is 5.10 Å². The molecule has 6 nitrogen and oxygen atoms in total. The predicted molar refractivity (Wildman–Crippen MR) is 86.2 cm³/mol. The summed E-state index contributed by atoms with van der Waals surface area (Å²) < 4.78 is 13.3. The zero-order valence-electron chi connectivity index (χ0n) is 14.1. The first-order valence-corrected chi connectivity index (χ1v) is 8.66. The predicted octanol–water partition coefficient (Wildman–Crippen LogP) is 1.94. The van der Waals surface area contributed by atoms with Crippen LogP contribution >= 0.6 is 0 Å². The molecule has 0 unspecified atom stereocenters. The Bertz CT molecular complexity index is 525. The number of nitrogens with zero attached hydrogens (tertiary/aromatic N) is 3. The molecule has 128 valence electrons. The van der Waals surface area contributed by atoms with Crippen molar-refractivity contribution in [2.75, 3.05) is 26.3 Å². The van der Waals surface area contributed by atoms with E-state index in [1.165, 1.54) is 0 Å². The lowest BCUT2D eigenvalue weighted by molar-refractivity contribution is -0.146. The fraction of sp³-hybridized carbons (Fsp3) is 0.765. The summed E-state index contributed by atoms with van der Waals surface area (Å²) in [6.45, 7) is 6.74. The molecule has 1 aromatic heterocycles. The van der Waals surface area contributed by atoms with E-state index >= 15 is 0 Å². The third kappa shape index (κ3) is 4.12. The summed E-state index contributed by atoms with van der Waals surface area (Å²) in [5, 5.41) is 4.40. The molecule has 0 saturated carbocycles. The molecule has 0 aromatic carbocycles. The number of likely N-dealkylation sites (tertiary alicyclic amines) is 1. The van der Waals surface area contributed by atoms with Gasteiger partial charge in [0.05, 0.1) is 24.9 Å². The summed E-state index contributed by atoms with van der Waals surface area (Å²) in [6.07, 6.45) is 7.87. The highest BCUT2D eigenvalue weighted by Gasteiger charge is 2.29. The van der Waals surface area contributed by atoms with Gasteiger partial charge < -0.3 is 14.4 Å². The Balaban J connectivity index is 1.51. The van der Waals surface area contributed by atoms with Gasteiger partial charge in [0, 0.05) is 25.9 Å². The second-order valence-electron chi connectivity index (χ2n) is 6.69. The van der Waals surface area contributed by atoms with Gasteiger partial charge in [0.2, 0.25) is 0 Å². The first-order valence-electron chi connectivity index (χ1n) is 8.66. The van der Waals surface area contributed by atoms with Crippen LogP contribution in [-0.4, -0.2) is 59.1 Å². The monoisotopic (exact) mass is 321 g/mol. The second kappa shape index (κ2) is 7.45. The van der Waals surface area contributed by atoms with Crippen LogP contribution in [0.5, 0.6) is 0 Å². The number of hydrogen-bond donors (Lipinski definition) is 0. The molecule has 0 aliphatic carbocycles. The highest BCUT2D eigenvalue weighted by molar-refractivity contribution is 5.80.